The van der Waals surface area contributed by atoms with Crippen molar-refractivity contribution in [2.24, 2.45) is 0 Å². The Morgan fingerprint density at radius 1 is 1.04 bits per heavy atom. The zero-order valence-corrected chi connectivity index (χ0v) is 15.8. The lowest BCUT2D eigenvalue weighted by molar-refractivity contribution is 0.0602. The Bertz CT molecular complexity index is 1090. The molecule has 2 aromatic rings. The van der Waals surface area contributed by atoms with Crippen LogP contribution in [0.3, 0.4) is 0 Å². The molecule has 1 aliphatic rings. The second kappa shape index (κ2) is 6.93. The van der Waals surface area contributed by atoms with Crippen molar-refractivity contribution in [3.63, 3.8) is 0 Å². The molecule has 1 fully saturated rings. The summed E-state index contributed by atoms with van der Waals surface area (Å²) in [6.45, 7) is 0. The Labute approximate surface area is 156 Å². The standard InChI is InChI=1S/C17H16FNO6S2/c1-25-17(20)15-9-2-11(18)10-16(15)19-27(23,24)14-7-5-13(6-8-14)26(21,22)12-3-4-12/h2,5-10,12,19H,3-4H2,1H3. The first-order valence-corrected chi connectivity index (χ1v) is 10.9. The molecule has 0 saturated heterocycles. The van der Waals surface area contributed by atoms with Crippen molar-refractivity contribution in [3.05, 3.63) is 53.8 Å². The summed E-state index contributed by atoms with van der Waals surface area (Å²) in [5.74, 6) is -1.58. The Morgan fingerprint density at radius 2 is 1.63 bits per heavy atom. The van der Waals surface area contributed by atoms with Gasteiger partial charge in [0.1, 0.15) is 5.82 Å². The molecule has 0 heterocycles. The van der Waals surface area contributed by atoms with E-state index in [1.807, 2.05) is 0 Å². The SMILES string of the molecule is COC(=O)c1ccc(F)cc1NS(=O)(=O)c1ccc(S(=O)(=O)C2CC2)cc1. The van der Waals surface area contributed by atoms with E-state index in [1.165, 1.54) is 12.1 Å². The van der Waals surface area contributed by atoms with Gasteiger partial charge in [0.2, 0.25) is 0 Å². The predicted octanol–water partition coefficient (Wildman–Crippen LogP) is 2.35. The molecular formula is C17H16FNO6S2. The van der Waals surface area contributed by atoms with Gasteiger partial charge in [-0.1, -0.05) is 0 Å². The molecule has 0 aliphatic heterocycles. The van der Waals surface area contributed by atoms with Crippen LogP contribution in [0.4, 0.5) is 10.1 Å². The topological polar surface area (TPSA) is 107 Å². The maximum absolute atomic E-state index is 13.5. The van der Waals surface area contributed by atoms with Gasteiger partial charge < -0.3 is 4.74 Å². The third kappa shape index (κ3) is 3.96. The maximum Gasteiger partial charge on any atom is 0.339 e. The van der Waals surface area contributed by atoms with Gasteiger partial charge in [0.25, 0.3) is 10.0 Å². The molecule has 3 rings (SSSR count). The number of methoxy groups -OCH3 is 1. The normalized spacial score (nSPS) is 14.6. The van der Waals surface area contributed by atoms with Gasteiger partial charge in [-0.3, -0.25) is 4.72 Å². The largest absolute Gasteiger partial charge is 0.465 e. The van der Waals surface area contributed by atoms with Crippen LogP contribution in [0.15, 0.2) is 52.3 Å². The summed E-state index contributed by atoms with van der Waals surface area (Å²) >= 11 is 0. The number of anilines is 1. The predicted molar refractivity (Wildman–Crippen MR) is 95.2 cm³/mol. The number of carbonyl (C=O) groups excluding carboxylic acids is 1. The van der Waals surface area contributed by atoms with E-state index >= 15 is 0 Å². The number of benzene rings is 2. The zero-order valence-electron chi connectivity index (χ0n) is 14.2. The number of sulfone groups is 1. The number of nitrogens with one attached hydrogen (secondary N) is 1. The van der Waals surface area contributed by atoms with Crippen molar-refractivity contribution in [1.82, 2.24) is 0 Å². The Balaban J connectivity index is 1.92. The number of halogens is 1. The number of sulfonamides is 1. The Hall–Kier alpha value is -2.46. The zero-order chi connectivity index (χ0) is 19.8. The van der Waals surface area contributed by atoms with E-state index in [1.54, 1.807) is 0 Å². The maximum atomic E-state index is 13.5. The van der Waals surface area contributed by atoms with Crippen LogP contribution < -0.4 is 4.72 Å². The number of rotatable bonds is 6. The van der Waals surface area contributed by atoms with Crippen LogP contribution >= 0.6 is 0 Å². The number of esters is 1. The van der Waals surface area contributed by atoms with E-state index < -0.39 is 36.9 Å². The number of carbonyl (C=O) groups is 1. The average molecular weight is 413 g/mol. The third-order valence-corrected chi connectivity index (χ3v) is 7.72. The van der Waals surface area contributed by atoms with Crippen molar-refractivity contribution >= 4 is 31.5 Å². The molecule has 0 spiro atoms. The summed E-state index contributed by atoms with van der Waals surface area (Å²) in [6, 6.07) is 7.69. The summed E-state index contributed by atoms with van der Waals surface area (Å²) in [4.78, 5) is 11.6. The first kappa shape index (κ1) is 19.3. The average Bonchev–Trinajstić information content (AvgIpc) is 3.47. The number of hydrogen-bond acceptors (Lipinski definition) is 6. The first-order valence-electron chi connectivity index (χ1n) is 7.90. The lowest BCUT2D eigenvalue weighted by Gasteiger charge is -2.12. The minimum absolute atomic E-state index is 0.0463. The molecule has 0 amide bonds. The quantitative estimate of drug-likeness (QED) is 0.729. The minimum Gasteiger partial charge on any atom is -0.465 e. The molecule has 1 aliphatic carbocycles. The molecule has 0 atom stereocenters. The highest BCUT2D eigenvalue weighted by Gasteiger charge is 2.36. The smallest absolute Gasteiger partial charge is 0.339 e. The van der Waals surface area contributed by atoms with Crippen molar-refractivity contribution < 1.29 is 30.8 Å². The van der Waals surface area contributed by atoms with Crippen LogP contribution in [-0.2, 0) is 24.6 Å². The number of hydrogen-bond donors (Lipinski definition) is 1. The summed E-state index contributed by atoms with van der Waals surface area (Å²) in [7, 11) is -6.51. The van der Waals surface area contributed by atoms with Crippen molar-refractivity contribution in [2.75, 3.05) is 11.8 Å². The fraction of sp³-hybridized carbons (Fsp3) is 0.235. The Kier molecular flexibility index (Phi) is 4.96. The fourth-order valence-electron chi connectivity index (χ4n) is 2.47. The van der Waals surface area contributed by atoms with Gasteiger partial charge in [0.15, 0.2) is 9.84 Å². The van der Waals surface area contributed by atoms with Gasteiger partial charge in [0.05, 0.1) is 33.4 Å². The molecule has 2 aromatic carbocycles. The van der Waals surface area contributed by atoms with E-state index in [0.717, 1.165) is 37.4 Å². The first-order chi connectivity index (χ1) is 12.6. The van der Waals surface area contributed by atoms with Crippen molar-refractivity contribution in [3.8, 4) is 0 Å². The Morgan fingerprint density at radius 3 is 2.19 bits per heavy atom. The molecule has 7 nitrogen and oxygen atoms in total. The van der Waals surface area contributed by atoms with Crippen LogP contribution in [-0.4, -0.2) is 35.2 Å². The molecule has 0 unspecified atom stereocenters. The van der Waals surface area contributed by atoms with E-state index in [0.29, 0.717) is 12.8 Å². The summed E-state index contributed by atoms with van der Waals surface area (Å²) < 4.78 is 69.6. The van der Waals surface area contributed by atoms with Crippen LogP contribution in [0.5, 0.6) is 0 Å². The van der Waals surface area contributed by atoms with E-state index in [-0.39, 0.29) is 21.0 Å². The minimum atomic E-state index is -4.18. The number of ether oxygens (including phenoxy) is 1. The summed E-state index contributed by atoms with van der Waals surface area (Å²) in [6.07, 6.45) is 1.19. The lowest BCUT2D eigenvalue weighted by Crippen LogP contribution is -2.16. The van der Waals surface area contributed by atoms with Crippen LogP contribution in [0.1, 0.15) is 23.2 Å². The van der Waals surface area contributed by atoms with Gasteiger partial charge in [-0.2, -0.15) is 0 Å². The van der Waals surface area contributed by atoms with Gasteiger partial charge in [0, 0.05) is 0 Å². The molecule has 0 bridgehead atoms. The van der Waals surface area contributed by atoms with Gasteiger partial charge in [-0.25, -0.2) is 26.0 Å². The summed E-state index contributed by atoms with van der Waals surface area (Å²) in [5.41, 5.74) is -0.438. The van der Waals surface area contributed by atoms with E-state index in [4.69, 9.17) is 0 Å². The van der Waals surface area contributed by atoms with Crippen molar-refractivity contribution in [2.45, 2.75) is 27.9 Å². The van der Waals surface area contributed by atoms with Gasteiger partial charge >= 0.3 is 5.97 Å². The second-order valence-corrected chi connectivity index (χ2v) is 9.91. The molecule has 27 heavy (non-hydrogen) atoms. The van der Waals surface area contributed by atoms with Crippen LogP contribution in [0.2, 0.25) is 0 Å². The second-order valence-electron chi connectivity index (χ2n) is 6.00. The monoisotopic (exact) mass is 413 g/mol. The summed E-state index contributed by atoms with van der Waals surface area (Å²) in [5, 5.41) is -0.409. The highest BCUT2D eigenvalue weighted by atomic mass is 32.2. The molecule has 1 saturated carbocycles. The molecule has 10 heteroatoms. The van der Waals surface area contributed by atoms with E-state index in [2.05, 4.69) is 9.46 Å². The van der Waals surface area contributed by atoms with E-state index in [9.17, 15) is 26.0 Å². The van der Waals surface area contributed by atoms with Crippen LogP contribution in [0.25, 0.3) is 0 Å². The highest BCUT2D eigenvalue weighted by Crippen LogP contribution is 2.33. The fourth-order valence-corrected chi connectivity index (χ4v) is 5.20. The highest BCUT2D eigenvalue weighted by molar-refractivity contribution is 7.93. The molecular weight excluding hydrogens is 397 g/mol. The molecule has 144 valence electrons. The van der Waals surface area contributed by atoms with Crippen LogP contribution in [0, 0.1) is 5.82 Å². The van der Waals surface area contributed by atoms with Crippen molar-refractivity contribution in [1.29, 1.82) is 0 Å². The lowest BCUT2D eigenvalue weighted by atomic mass is 10.2. The molecule has 0 aromatic heterocycles. The van der Waals surface area contributed by atoms with Gasteiger partial charge in [-0.15, -0.1) is 0 Å². The van der Waals surface area contributed by atoms with Gasteiger partial charge in [-0.05, 0) is 55.3 Å². The third-order valence-electron chi connectivity index (χ3n) is 4.06. The molecule has 0 radical (unpaired) electrons. The molecule has 1 N–H and O–H groups in total.